The second-order valence-electron chi connectivity index (χ2n) is 7.40. The Balaban J connectivity index is 1.71. The molecule has 1 aliphatic heterocycles. The molecular formula is C21H28N2O2S. The fourth-order valence-corrected chi connectivity index (χ4v) is 5.73. The standard InChI is InChI=1S/C21H28N2O2S/c1-16-6-5-7-20(14-16)15-22-8-10-23(11-9-22)26(24,25)21-18(3)12-17(2)13-19(21)4/h5-7,12-14H,8-11,15H2,1-4H3. The SMILES string of the molecule is Cc1cccc(CN2CCN(S(=O)(=O)c3c(C)cc(C)cc3C)CC2)c1. The lowest BCUT2D eigenvalue weighted by Crippen LogP contribution is -2.48. The molecule has 4 nitrogen and oxygen atoms in total. The molecule has 0 spiro atoms. The molecule has 0 aromatic heterocycles. The van der Waals surface area contributed by atoms with Crippen LogP contribution < -0.4 is 0 Å². The number of piperazine rings is 1. The Hall–Kier alpha value is -1.69. The van der Waals surface area contributed by atoms with Crippen molar-refractivity contribution in [1.82, 2.24) is 9.21 Å². The number of benzene rings is 2. The van der Waals surface area contributed by atoms with Crippen LogP contribution in [0.1, 0.15) is 27.8 Å². The molecular weight excluding hydrogens is 344 g/mol. The van der Waals surface area contributed by atoms with E-state index in [1.165, 1.54) is 11.1 Å². The zero-order valence-electron chi connectivity index (χ0n) is 16.1. The van der Waals surface area contributed by atoms with Crippen LogP contribution in [0.3, 0.4) is 0 Å². The largest absolute Gasteiger partial charge is 0.296 e. The molecule has 0 atom stereocenters. The molecule has 0 N–H and O–H groups in total. The number of sulfonamides is 1. The van der Waals surface area contributed by atoms with Gasteiger partial charge in [-0.1, -0.05) is 47.5 Å². The fourth-order valence-electron chi connectivity index (χ4n) is 3.90. The van der Waals surface area contributed by atoms with Crippen molar-refractivity contribution in [3.8, 4) is 0 Å². The first-order valence-corrected chi connectivity index (χ1v) is 10.6. The highest BCUT2D eigenvalue weighted by Crippen LogP contribution is 2.26. The Kier molecular flexibility index (Phi) is 5.51. The van der Waals surface area contributed by atoms with Crippen molar-refractivity contribution in [2.45, 2.75) is 39.1 Å². The Morgan fingerprint density at radius 2 is 1.46 bits per heavy atom. The van der Waals surface area contributed by atoms with Crippen molar-refractivity contribution in [2.24, 2.45) is 0 Å². The number of nitrogens with zero attached hydrogens (tertiary/aromatic N) is 2. The highest BCUT2D eigenvalue weighted by molar-refractivity contribution is 7.89. The van der Waals surface area contributed by atoms with Crippen molar-refractivity contribution in [1.29, 1.82) is 0 Å². The minimum atomic E-state index is -3.44. The molecule has 0 saturated carbocycles. The molecule has 5 heteroatoms. The van der Waals surface area contributed by atoms with Crippen LogP contribution in [0.25, 0.3) is 0 Å². The quantitative estimate of drug-likeness (QED) is 0.826. The maximum absolute atomic E-state index is 13.2. The average Bonchev–Trinajstić information content (AvgIpc) is 2.54. The first-order chi connectivity index (χ1) is 12.3. The van der Waals surface area contributed by atoms with Crippen LogP contribution in [-0.2, 0) is 16.6 Å². The molecule has 140 valence electrons. The molecule has 2 aromatic carbocycles. The van der Waals surface area contributed by atoms with Gasteiger partial charge in [-0.3, -0.25) is 4.90 Å². The molecule has 26 heavy (non-hydrogen) atoms. The lowest BCUT2D eigenvalue weighted by Gasteiger charge is -2.34. The van der Waals surface area contributed by atoms with E-state index >= 15 is 0 Å². The van der Waals surface area contributed by atoms with Crippen molar-refractivity contribution in [2.75, 3.05) is 26.2 Å². The van der Waals surface area contributed by atoms with Crippen LogP contribution in [0.15, 0.2) is 41.3 Å². The summed E-state index contributed by atoms with van der Waals surface area (Å²) in [6, 6.07) is 12.4. The topological polar surface area (TPSA) is 40.6 Å². The average molecular weight is 373 g/mol. The van der Waals surface area contributed by atoms with Crippen molar-refractivity contribution < 1.29 is 8.42 Å². The lowest BCUT2D eigenvalue weighted by molar-refractivity contribution is 0.181. The molecule has 0 unspecified atom stereocenters. The van der Waals surface area contributed by atoms with Crippen molar-refractivity contribution in [3.05, 3.63) is 64.2 Å². The van der Waals surface area contributed by atoms with Gasteiger partial charge in [0.2, 0.25) is 10.0 Å². The summed E-state index contributed by atoms with van der Waals surface area (Å²) in [4.78, 5) is 2.81. The monoisotopic (exact) mass is 372 g/mol. The van der Waals surface area contributed by atoms with Crippen LogP contribution >= 0.6 is 0 Å². The number of hydrogen-bond donors (Lipinski definition) is 0. The number of rotatable bonds is 4. The van der Waals surface area contributed by atoms with Crippen molar-refractivity contribution >= 4 is 10.0 Å². The first kappa shape index (κ1) is 19.1. The summed E-state index contributed by atoms with van der Waals surface area (Å²) in [6.45, 7) is 11.4. The third kappa shape index (κ3) is 4.00. The fraction of sp³-hybridized carbons (Fsp3) is 0.429. The number of aryl methyl sites for hydroxylation is 4. The summed E-state index contributed by atoms with van der Waals surface area (Å²) in [6.07, 6.45) is 0. The van der Waals surface area contributed by atoms with Gasteiger partial charge in [0.25, 0.3) is 0 Å². The van der Waals surface area contributed by atoms with Crippen LogP contribution in [-0.4, -0.2) is 43.8 Å². The molecule has 0 amide bonds. The molecule has 1 aliphatic rings. The maximum Gasteiger partial charge on any atom is 0.243 e. The summed E-state index contributed by atoms with van der Waals surface area (Å²) in [7, 11) is -3.44. The zero-order valence-corrected chi connectivity index (χ0v) is 16.9. The second-order valence-corrected chi connectivity index (χ2v) is 9.27. The van der Waals surface area contributed by atoms with Gasteiger partial charge in [0, 0.05) is 32.7 Å². The first-order valence-electron chi connectivity index (χ1n) is 9.13. The summed E-state index contributed by atoms with van der Waals surface area (Å²) in [5.74, 6) is 0. The van der Waals surface area contributed by atoms with Crippen LogP contribution in [0, 0.1) is 27.7 Å². The Morgan fingerprint density at radius 3 is 2.04 bits per heavy atom. The second kappa shape index (κ2) is 7.51. The number of hydrogen-bond acceptors (Lipinski definition) is 3. The predicted molar refractivity (Wildman–Crippen MR) is 106 cm³/mol. The lowest BCUT2D eigenvalue weighted by atomic mass is 10.1. The maximum atomic E-state index is 13.2. The van der Waals surface area contributed by atoms with E-state index in [9.17, 15) is 8.42 Å². The van der Waals surface area contributed by atoms with Gasteiger partial charge in [0.15, 0.2) is 0 Å². The third-order valence-corrected chi connectivity index (χ3v) is 7.23. The molecule has 0 bridgehead atoms. The summed E-state index contributed by atoms with van der Waals surface area (Å²) in [5, 5.41) is 0. The van der Waals surface area contributed by atoms with Gasteiger partial charge in [-0.2, -0.15) is 4.31 Å². The van der Waals surface area contributed by atoms with Gasteiger partial charge < -0.3 is 0 Å². The molecule has 0 aliphatic carbocycles. The zero-order chi connectivity index (χ0) is 18.9. The van der Waals surface area contributed by atoms with E-state index in [1.54, 1.807) is 4.31 Å². The van der Waals surface area contributed by atoms with E-state index < -0.39 is 10.0 Å². The summed E-state index contributed by atoms with van der Waals surface area (Å²) >= 11 is 0. The molecule has 1 fully saturated rings. The van der Waals surface area contributed by atoms with E-state index in [4.69, 9.17) is 0 Å². The summed E-state index contributed by atoms with van der Waals surface area (Å²) in [5.41, 5.74) is 5.32. The summed E-state index contributed by atoms with van der Waals surface area (Å²) < 4.78 is 28.0. The Morgan fingerprint density at radius 1 is 0.846 bits per heavy atom. The molecule has 1 heterocycles. The third-order valence-electron chi connectivity index (χ3n) is 5.02. The predicted octanol–water partition coefficient (Wildman–Crippen LogP) is 3.43. The van der Waals surface area contributed by atoms with E-state index in [-0.39, 0.29) is 0 Å². The molecule has 3 rings (SSSR count). The Labute approximate surface area is 157 Å². The minimum absolute atomic E-state index is 0.482. The van der Waals surface area contributed by atoms with Crippen LogP contribution in [0.5, 0.6) is 0 Å². The van der Waals surface area contributed by atoms with Crippen molar-refractivity contribution in [3.63, 3.8) is 0 Å². The molecule has 0 radical (unpaired) electrons. The van der Waals surface area contributed by atoms with Gasteiger partial charge in [-0.15, -0.1) is 0 Å². The van der Waals surface area contributed by atoms with E-state index in [0.717, 1.165) is 36.3 Å². The van der Waals surface area contributed by atoms with Crippen LogP contribution in [0.4, 0.5) is 0 Å². The normalized spacial score (nSPS) is 16.8. The van der Waals surface area contributed by atoms with E-state index in [1.807, 2.05) is 32.9 Å². The van der Waals surface area contributed by atoms with E-state index in [0.29, 0.717) is 18.0 Å². The van der Waals surface area contributed by atoms with E-state index in [2.05, 4.69) is 36.1 Å². The van der Waals surface area contributed by atoms with Gasteiger partial charge in [0.1, 0.15) is 0 Å². The van der Waals surface area contributed by atoms with Gasteiger partial charge >= 0.3 is 0 Å². The van der Waals surface area contributed by atoms with Crippen LogP contribution in [0.2, 0.25) is 0 Å². The van der Waals surface area contributed by atoms with Gasteiger partial charge in [-0.25, -0.2) is 8.42 Å². The van der Waals surface area contributed by atoms with Gasteiger partial charge in [-0.05, 0) is 44.4 Å². The van der Waals surface area contributed by atoms with Gasteiger partial charge in [0.05, 0.1) is 4.90 Å². The molecule has 1 saturated heterocycles. The highest BCUT2D eigenvalue weighted by Gasteiger charge is 2.30. The minimum Gasteiger partial charge on any atom is -0.296 e. The highest BCUT2D eigenvalue weighted by atomic mass is 32.2. The Bertz CT molecular complexity index is 875. The smallest absolute Gasteiger partial charge is 0.243 e. The molecule has 2 aromatic rings.